The molecule has 13 nitrogen and oxygen atoms in total. The lowest BCUT2D eigenvalue weighted by molar-refractivity contribution is -0.142. The van der Waals surface area contributed by atoms with Crippen molar-refractivity contribution in [2.75, 3.05) is 14.2 Å². The van der Waals surface area contributed by atoms with Crippen molar-refractivity contribution >= 4 is 23.9 Å². The molecule has 3 amide bonds. The number of aliphatic carboxylic acids is 1. The average Bonchev–Trinajstić information content (AvgIpc) is 3.61. The molecular weight excluding hydrogens is 606 g/mol. The van der Waals surface area contributed by atoms with Crippen LogP contribution in [0, 0.1) is 0 Å². The van der Waals surface area contributed by atoms with Crippen LogP contribution in [0.15, 0.2) is 91.4 Å². The van der Waals surface area contributed by atoms with Crippen LogP contribution in [0.25, 0.3) is 0 Å². The van der Waals surface area contributed by atoms with E-state index in [9.17, 15) is 24.3 Å². The third kappa shape index (κ3) is 10.3. The molecule has 0 aliphatic carbocycles. The lowest BCUT2D eigenvalue weighted by Crippen LogP contribution is -2.52. The first-order valence-electron chi connectivity index (χ1n) is 14.8. The maximum Gasteiger partial charge on any atom is 0.408 e. The Morgan fingerprint density at radius 2 is 1.43 bits per heavy atom. The van der Waals surface area contributed by atoms with Gasteiger partial charge >= 0.3 is 12.1 Å². The third-order valence-electron chi connectivity index (χ3n) is 7.28. The smallest absolute Gasteiger partial charge is 0.408 e. The van der Waals surface area contributed by atoms with Crippen molar-refractivity contribution in [2.24, 2.45) is 0 Å². The van der Waals surface area contributed by atoms with Crippen molar-refractivity contribution in [1.29, 1.82) is 0 Å². The van der Waals surface area contributed by atoms with E-state index in [1.54, 1.807) is 62.8 Å². The summed E-state index contributed by atoms with van der Waals surface area (Å²) in [5.74, 6) is -1.17. The zero-order valence-electron chi connectivity index (χ0n) is 26.0. The van der Waals surface area contributed by atoms with Crippen molar-refractivity contribution in [3.05, 3.63) is 114 Å². The molecule has 0 bridgehead atoms. The number of hydrogen-bond donors (Lipinski definition) is 5. The molecule has 0 aliphatic rings. The molecule has 5 N–H and O–H groups in total. The highest BCUT2D eigenvalue weighted by Crippen LogP contribution is 2.26. The Hall–Kier alpha value is -5.85. The number of nitrogens with one attached hydrogen (secondary N) is 4. The fourth-order valence-corrected chi connectivity index (χ4v) is 4.72. The number of aromatic nitrogens is 2. The summed E-state index contributed by atoms with van der Waals surface area (Å²) < 4.78 is 15.8. The highest BCUT2D eigenvalue weighted by atomic mass is 16.5. The molecule has 0 unspecified atom stereocenters. The number of nitrogens with zero attached hydrogens (tertiary/aromatic N) is 1. The first kappa shape index (κ1) is 34.0. The number of benzene rings is 3. The number of rotatable bonds is 16. The van der Waals surface area contributed by atoms with Crippen molar-refractivity contribution in [2.45, 2.75) is 44.0 Å². The van der Waals surface area contributed by atoms with Crippen LogP contribution in [0.1, 0.15) is 41.3 Å². The van der Waals surface area contributed by atoms with E-state index in [0.29, 0.717) is 17.2 Å². The fraction of sp³-hybridized carbons (Fsp3) is 0.265. The van der Waals surface area contributed by atoms with E-state index in [1.807, 2.05) is 30.3 Å². The van der Waals surface area contributed by atoms with Crippen molar-refractivity contribution in [3.8, 4) is 11.5 Å². The summed E-state index contributed by atoms with van der Waals surface area (Å²) in [6.07, 6.45) is 1.55. The number of H-pyrrole nitrogens is 1. The summed E-state index contributed by atoms with van der Waals surface area (Å²) in [7, 11) is 3.12. The molecule has 4 rings (SSSR count). The minimum absolute atomic E-state index is 0.0511. The van der Waals surface area contributed by atoms with Gasteiger partial charge in [0.1, 0.15) is 30.2 Å². The Morgan fingerprint density at radius 3 is 1.96 bits per heavy atom. The third-order valence-corrected chi connectivity index (χ3v) is 7.28. The molecule has 3 aromatic carbocycles. The maximum absolute atomic E-state index is 13.4. The second-order valence-electron chi connectivity index (χ2n) is 10.5. The molecule has 0 saturated heterocycles. The van der Waals surface area contributed by atoms with Gasteiger partial charge in [-0.1, -0.05) is 54.6 Å². The normalized spacial score (nSPS) is 12.0. The van der Waals surface area contributed by atoms with E-state index in [-0.39, 0.29) is 25.9 Å². The first-order chi connectivity index (χ1) is 22.7. The van der Waals surface area contributed by atoms with Crippen molar-refractivity contribution in [3.63, 3.8) is 0 Å². The van der Waals surface area contributed by atoms with Gasteiger partial charge in [-0.2, -0.15) is 0 Å². The van der Waals surface area contributed by atoms with Gasteiger partial charge in [-0.25, -0.2) is 14.6 Å². The minimum atomic E-state index is -1.32. The van der Waals surface area contributed by atoms with Crippen LogP contribution in [-0.4, -0.2) is 65.3 Å². The number of imidazole rings is 1. The van der Waals surface area contributed by atoms with Crippen LogP contribution in [-0.2, 0) is 32.1 Å². The molecule has 13 heteroatoms. The molecule has 0 saturated carbocycles. The number of aromatic amines is 1. The summed E-state index contributed by atoms with van der Waals surface area (Å²) in [6.45, 7) is -0.0511. The Balaban J connectivity index is 1.47. The summed E-state index contributed by atoms with van der Waals surface area (Å²) in [6, 6.07) is 20.3. The number of carboxylic acid groups (broad SMARTS) is 1. The van der Waals surface area contributed by atoms with Gasteiger partial charge in [-0.3, -0.25) is 9.59 Å². The second kappa shape index (κ2) is 17.0. The Kier molecular flexibility index (Phi) is 12.3. The predicted octanol–water partition coefficient (Wildman–Crippen LogP) is 3.52. The van der Waals surface area contributed by atoms with E-state index in [1.165, 1.54) is 12.5 Å². The quantitative estimate of drug-likeness (QED) is 0.122. The van der Waals surface area contributed by atoms with Crippen LogP contribution >= 0.6 is 0 Å². The molecule has 246 valence electrons. The lowest BCUT2D eigenvalue weighted by Gasteiger charge is -2.23. The van der Waals surface area contributed by atoms with Gasteiger partial charge in [-0.15, -0.1) is 0 Å². The largest absolute Gasteiger partial charge is 0.497 e. The monoisotopic (exact) mass is 643 g/mol. The van der Waals surface area contributed by atoms with Crippen LogP contribution < -0.4 is 25.4 Å². The first-order valence-corrected chi connectivity index (χ1v) is 14.8. The standard InChI is InChI=1S/C34H37N5O8/c1-45-26-12-8-23(9-13-26)31(24-10-14-27(46-2)15-11-24)39-30(40)17-16-28(38-34(44)47-20-22-6-4-3-5-7-22)32(41)37-29(33(42)43)18-25-19-35-21-36-25/h3-15,19,21,28-29,31H,16-18,20H2,1-2H3,(H,35,36)(H,37,41)(H,38,44)(H,39,40)(H,42,43)/t28-,29-/m0/s1. The van der Waals surface area contributed by atoms with Gasteiger partial charge < -0.3 is 40.3 Å². The summed E-state index contributed by atoms with van der Waals surface area (Å²) in [5, 5.41) is 17.7. The van der Waals surface area contributed by atoms with Crippen LogP contribution in [0.2, 0.25) is 0 Å². The van der Waals surface area contributed by atoms with Gasteiger partial charge in [0.2, 0.25) is 11.8 Å². The van der Waals surface area contributed by atoms with E-state index in [4.69, 9.17) is 14.2 Å². The van der Waals surface area contributed by atoms with E-state index in [0.717, 1.165) is 16.7 Å². The Bertz CT molecular complexity index is 1550. The molecule has 0 aliphatic heterocycles. The van der Waals surface area contributed by atoms with Crippen LogP contribution in [0.3, 0.4) is 0 Å². The number of carbonyl (C=O) groups excluding carboxylic acids is 3. The van der Waals surface area contributed by atoms with E-state index >= 15 is 0 Å². The van der Waals surface area contributed by atoms with Gasteiger partial charge in [0, 0.05) is 24.7 Å². The topological polar surface area (TPSA) is 181 Å². The highest BCUT2D eigenvalue weighted by molar-refractivity contribution is 5.90. The Morgan fingerprint density at radius 1 is 0.809 bits per heavy atom. The molecule has 0 spiro atoms. The minimum Gasteiger partial charge on any atom is -0.497 e. The number of ether oxygens (including phenoxy) is 3. The second-order valence-corrected chi connectivity index (χ2v) is 10.5. The zero-order chi connectivity index (χ0) is 33.6. The lowest BCUT2D eigenvalue weighted by atomic mass is 9.98. The molecule has 4 aromatic rings. The molecule has 0 fully saturated rings. The molecule has 47 heavy (non-hydrogen) atoms. The molecule has 2 atom stereocenters. The van der Waals surface area contributed by atoms with Crippen LogP contribution in [0.4, 0.5) is 4.79 Å². The van der Waals surface area contributed by atoms with Crippen molar-refractivity contribution in [1.82, 2.24) is 25.9 Å². The summed E-state index contributed by atoms with van der Waals surface area (Å²) in [5.41, 5.74) is 2.79. The highest BCUT2D eigenvalue weighted by Gasteiger charge is 2.28. The number of methoxy groups -OCH3 is 2. The summed E-state index contributed by atoms with van der Waals surface area (Å²) in [4.78, 5) is 58.1. The fourth-order valence-electron chi connectivity index (χ4n) is 4.72. The van der Waals surface area contributed by atoms with Gasteiger partial charge in [-0.05, 0) is 47.4 Å². The molecule has 1 aromatic heterocycles. The van der Waals surface area contributed by atoms with Crippen LogP contribution in [0.5, 0.6) is 11.5 Å². The number of alkyl carbamates (subject to hydrolysis) is 1. The maximum atomic E-state index is 13.4. The molecule has 0 radical (unpaired) electrons. The number of amides is 3. The van der Waals surface area contributed by atoms with Gasteiger partial charge in [0.15, 0.2) is 0 Å². The summed E-state index contributed by atoms with van der Waals surface area (Å²) >= 11 is 0. The Labute approximate surface area is 271 Å². The zero-order valence-corrected chi connectivity index (χ0v) is 26.0. The molecular formula is C34H37N5O8. The average molecular weight is 644 g/mol. The van der Waals surface area contributed by atoms with E-state index < -0.39 is 42.0 Å². The van der Waals surface area contributed by atoms with Gasteiger partial charge in [0.25, 0.3) is 0 Å². The van der Waals surface area contributed by atoms with Gasteiger partial charge in [0.05, 0.1) is 26.6 Å². The number of carbonyl (C=O) groups is 4. The number of carboxylic acids is 1. The predicted molar refractivity (Wildman–Crippen MR) is 171 cm³/mol. The van der Waals surface area contributed by atoms with Crippen molar-refractivity contribution < 1.29 is 38.5 Å². The van der Waals surface area contributed by atoms with E-state index in [2.05, 4.69) is 25.9 Å². The SMILES string of the molecule is COc1ccc(C(NC(=O)CC[C@H](NC(=O)OCc2ccccc2)C(=O)N[C@@H](Cc2cnc[nH]2)C(=O)O)c2ccc(OC)cc2)cc1. The number of hydrogen-bond acceptors (Lipinski definition) is 8. The molecule has 1 heterocycles.